The molecule has 9 heteroatoms. The first-order valence-electron chi connectivity index (χ1n) is 13.2. The molecule has 0 radical (unpaired) electrons. The first-order chi connectivity index (χ1) is 19.1. The summed E-state index contributed by atoms with van der Waals surface area (Å²) in [6, 6.07) is 19.3. The number of amides is 1. The number of aromatic nitrogens is 4. The Hall–Kier alpha value is -4.63. The van der Waals surface area contributed by atoms with Gasteiger partial charge < -0.3 is 24.9 Å². The van der Waals surface area contributed by atoms with E-state index in [4.69, 9.17) is 4.74 Å². The minimum atomic E-state index is -0.312. The van der Waals surface area contributed by atoms with Crippen molar-refractivity contribution in [1.29, 1.82) is 0 Å². The van der Waals surface area contributed by atoms with Crippen LogP contribution in [0.25, 0.3) is 22.2 Å². The summed E-state index contributed by atoms with van der Waals surface area (Å²) in [7, 11) is 4.11. The van der Waals surface area contributed by atoms with Crippen LogP contribution >= 0.6 is 0 Å². The first-order valence-corrected chi connectivity index (χ1v) is 13.2. The summed E-state index contributed by atoms with van der Waals surface area (Å²) in [6.07, 6.45) is 4.72. The zero-order valence-electron chi connectivity index (χ0n) is 23.2. The van der Waals surface area contributed by atoms with Gasteiger partial charge in [0.25, 0.3) is 11.5 Å². The maximum atomic E-state index is 12.9. The van der Waals surface area contributed by atoms with E-state index >= 15 is 0 Å². The number of carbonyl (C=O) groups is 1. The molecule has 3 aromatic heterocycles. The molecule has 0 saturated carbocycles. The van der Waals surface area contributed by atoms with Crippen LogP contribution in [0.4, 0.5) is 5.69 Å². The third-order valence-electron chi connectivity index (χ3n) is 6.50. The maximum Gasteiger partial charge on any atom is 0.258 e. The zero-order valence-corrected chi connectivity index (χ0v) is 23.2. The minimum absolute atomic E-state index is 0.000505. The second kappa shape index (κ2) is 11.2. The molecule has 0 aliphatic rings. The van der Waals surface area contributed by atoms with Crippen molar-refractivity contribution in [3.8, 4) is 17.0 Å². The number of hydrogen-bond donors (Lipinski definition) is 3. The van der Waals surface area contributed by atoms with Gasteiger partial charge in [-0.25, -0.2) is 0 Å². The molecule has 3 N–H and O–H groups in total. The molecule has 1 amide bonds. The van der Waals surface area contributed by atoms with Crippen LogP contribution in [0.1, 0.15) is 29.8 Å². The second-order valence-corrected chi connectivity index (χ2v) is 11.1. The minimum Gasteiger partial charge on any atom is -0.493 e. The third kappa shape index (κ3) is 6.50. The fourth-order valence-electron chi connectivity index (χ4n) is 4.82. The van der Waals surface area contributed by atoms with Gasteiger partial charge in [-0.3, -0.25) is 14.3 Å². The van der Waals surface area contributed by atoms with Crippen molar-refractivity contribution >= 4 is 22.5 Å². The molecule has 3 heterocycles. The molecule has 9 nitrogen and oxygen atoms in total. The van der Waals surface area contributed by atoms with E-state index < -0.39 is 0 Å². The number of fused-ring (bicyclic) bond motifs is 1. The van der Waals surface area contributed by atoms with Gasteiger partial charge in [-0.1, -0.05) is 44.2 Å². The van der Waals surface area contributed by atoms with E-state index in [0.717, 1.165) is 28.8 Å². The number of benzene rings is 2. The van der Waals surface area contributed by atoms with E-state index in [1.807, 2.05) is 54.6 Å². The number of rotatable bonds is 10. The fraction of sp³-hybridized carbons (Fsp3) is 0.258. The number of aromatic amines is 2. The molecule has 206 valence electrons. The van der Waals surface area contributed by atoms with Crippen LogP contribution in [0.15, 0.2) is 84.0 Å². The Morgan fingerprint density at radius 3 is 2.67 bits per heavy atom. The number of pyridine rings is 1. The molecule has 0 atom stereocenters. The number of H-pyrrole nitrogens is 2. The van der Waals surface area contributed by atoms with Crippen LogP contribution in [0, 0.1) is 5.41 Å². The highest BCUT2D eigenvalue weighted by Crippen LogP contribution is 2.28. The second-order valence-electron chi connectivity index (χ2n) is 11.1. The summed E-state index contributed by atoms with van der Waals surface area (Å²) < 4.78 is 7.81. The summed E-state index contributed by atoms with van der Waals surface area (Å²) in [4.78, 5) is 33.8. The van der Waals surface area contributed by atoms with Gasteiger partial charge in [0.2, 0.25) is 0 Å². The van der Waals surface area contributed by atoms with Crippen molar-refractivity contribution < 1.29 is 9.53 Å². The highest BCUT2D eigenvalue weighted by Gasteiger charge is 2.20. The van der Waals surface area contributed by atoms with Crippen molar-refractivity contribution in [3.05, 3.63) is 101 Å². The highest BCUT2D eigenvalue weighted by atomic mass is 16.5. The predicted octanol–water partition coefficient (Wildman–Crippen LogP) is 4.99. The molecule has 2 aromatic carbocycles. The predicted molar refractivity (Wildman–Crippen MR) is 158 cm³/mol. The molecule has 0 aliphatic heterocycles. The lowest BCUT2D eigenvalue weighted by molar-refractivity contribution is 0.102. The summed E-state index contributed by atoms with van der Waals surface area (Å²) in [5.41, 5.74) is 3.68. The Morgan fingerprint density at radius 1 is 1.10 bits per heavy atom. The average molecular weight is 539 g/mol. The molecule has 0 saturated heterocycles. The Morgan fingerprint density at radius 2 is 1.90 bits per heavy atom. The molecule has 5 aromatic rings. The van der Waals surface area contributed by atoms with Crippen LogP contribution in [0.2, 0.25) is 0 Å². The summed E-state index contributed by atoms with van der Waals surface area (Å²) in [5, 5.41) is 8.09. The Labute approximate surface area is 232 Å². The quantitative estimate of drug-likeness (QED) is 0.232. The molecule has 0 fully saturated rings. The summed E-state index contributed by atoms with van der Waals surface area (Å²) in [6.45, 7) is 6.41. The summed E-state index contributed by atoms with van der Waals surface area (Å²) in [5.74, 6) is 0.459. The number of hydrogen-bond acceptors (Lipinski definition) is 5. The molecule has 0 aliphatic carbocycles. The van der Waals surface area contributed by atoms with Crippen LogP contribution in [0.5, 0.6) is 5.75 Å². The van der Waals surface area contributed by atoms with Crippen molar-refractivity contribution in [2.75, 3.05) is 32.6 Å². The van der Waals surface area contributed by atoms with E-state index in [2.05, 4.69) is 53.2 Å². The Bertz CT molecular complexity index is 1680. The van der Waals surface area contributed by atoms with E-state index in [0.29, 0.717) is 35.7 Å². The van der Waals surface area contributed by atoms with Crippen molar-refractivity contribution in [3.63, 3.8) is 0 Å². The molecular weight excluding hydrogens is 504 g/mol. The molecule has 0 unspecified atom stereocenters. The zero-order chi connectivity index (χ0) is 28.3. The van der Waals surface area contributed by atoms with Gasteiger partial charge >= 0.3 is 0 Å². The van der Waals surface area contributed by atoms with E-state index in [9.17, 15) is 9.59 Å². The lowest BCUT2D eigenvalue weighted by Gasteiger charge is -2.28. The van der Waals surface area contributed by atoms with Crippen molar-refractivity contribution in [2.24, 2.45) is 5.41 Å². The standard InChI is InChI=1S/C31H34N6O3/c1-31(2,19-36(3)4)20-40-25-10-11-27-22(12-25)13-28(35-27)26-14-24(16-32-30(26)39)34-29(38)23-15-33-37(18-23)17-21-8-6-5-7-9-21/h5-16,18,35H,17,19-20H2,1-4H3,(H,32,39)(H,34,38). The van der Waals surface area contributed by atoms with Gasteiger partial charge in [0.1, 0.15) is 5.75 Å². The average Bonchev–Trinajstić information content (AvgIpc) is 3.55. The molecular formula is C31H34N6O3. The number of anilines is 1. The van der Waals surface area contributed by atoms with Crippen molar-refractivity contribution in [1.82, 2.24) is 24.6 Å². The molecule has 0 bridgehead atoms. The van der Waals surface area contributed by atoms with Crippen LogP contribution < -0.4 is 15.6 Å². The van der Waals surface area contributed by atoms with Gasteiger partial charge in [0.05, 0.1) is 41.9 Å². The maximum absolute atomic E-state index is 12.9. The molecule has 0 spiro atoms. The van der Waals surface area contributed by atoms with Crippen molar-refractivity contribution in [2.45, 2.75) is 20.4 Å². The number of nitrogens with one attached hydrogen (secondary N) is 3. The lowest BCUT2D eigenvalue weighted by atomic mass is 9.94. The topological polar surface area (TPSA) is 108 Å². The van der Waals surface area contributed by atoms with Crippen LogP contribution in [-0.4, -0.2) is 57.8 Å². The third-order valence-corrected chi connectivity index (χ3v) is 6.50. The number of nitrogens with zero attached hydrogens (tertiary/aromatic N) is 3. The van der Waals surface area contributed by atoms with Gasteiger partial charge in [-0.05, 0) is 50.0 Å². The fourth-order valence-corrected chi connectivity index (χ4v) is 4.82. The van der Waals surface area contributed by atoms with Crippen LogP contribution in [0.3, 0.4) is 0 Å². The SMILES string of the molecule is CN(C)CC(C)(C)COc1ccc2[nH]c(-c3cc(NC(=O)c4cnn(Cc5ccccc5)c4)c[nH]c3=O)cc2c1. The Balaban J connectivity index is 1.30. The van der Waals surface area contributed by atoms with E-state index in [-0.39, 0.29) is 16.9 Å². The van der Waals surface area contributed by atoms with Gasteiger partial charge in [-0.2, -0.15) is 5.10 Å². The van der Waals surface area contributed by atoms with Crippen LogP contribution in [-0.2, 0) is 6.54 Å². The lowest BCUT2D eigenvalue weighted by Crippen LogP contribution is -2.33. The first kappa shape index (κ1) is 27.0. The molecule has 40 heavy (non-hydrogen) atoms. The largest absolute Gasteiger partial charge is 0.493 e. The van der Waals surface area contributed by atoms with Gasteiger partial charge in [-0.15, -0.1) is 0 Å². The number of ether oxygens (including phenoxy) is 1. The monoisotopic (exact) mass is 538 g/mol. The summed E-state index contributed by atoms with van der Waals surface area (Å²) >= 11 is 0. The van der Waals surface area contributed by atoms with Gasteiger partial charge in [0, 0.05) is 35.3 Å². The Kier molecular flexibility index (Phi) is 7.57. The highest BCUT2D eigenvalue weighted by molar-refractivity contribution is 6.04. The number of carbonyl (C=O) groups excluding carboxylic acids is 1. The van der Waals surface area contributed by atoms with E-state index in [1.165, 1.54) is 12.4 Å². The normalized spacial score (nSPS) is 11.7. The van der Waals surface area contributed by atoms with E-state index in [1.54, 1.807) is 16.9 Å². The van der Waals surface area contributed by atoms with Gasteiger partial charge in [0.15, 0.2) is 0 Å². The smallest absolute Gasteiger partial charge is 0.258 e. The molecule has 5 rings (SSSR count).